The Morgan fingerprint density at radius 3 is 2.75 bits per heavy atom. The molecule has 1 heterocycles. The first-order valence-electron chi connectivity index (χ1n) is 4.52. The van der Waals surface area contributed by atoms with Crippen LogP contribution < -0.4 is 0 Å². The number of likely N-dealkylation sites (tertiary alicyclic amines) is 1. The maximum absolute atomic E-state index is 11.2. The summed E-state index contributed by atoms with van der Waals surface area (Å²) in [6.45, 7) is 4.94. The summed E-state index contributed by atoms with van der Waals surface area (Å²) in [4.78, 5) is 12.7. The molecule has 0 radical (unpaired) electrons. The van der Waals surface area contributed by atoms with Gasteiger partial charge in [-0.3, -0.25) is 4.79 Å². The first-order valence-corrected chi connectivity index (χ1v) is 4.52. The molecule has 0 aromatic rings. The number of hydrogen-bond donors (Lipinski definition) is 1. The van der Waals surface area contributed by atoms with Crippen molar-refractivity contribution in [2.75, 3.05) is 13.3 Å². The molecule has 0 aliphatic carbocycles. The van der Waals surface area contributed by atoms with Crippen LogP contribution in [0.3, 0.4) is 0 Å². The topological polar surface area (TPSA) is 40.5 Å². The Labute approximate surface area is 73.4 Å². The Bertz CT molecular complexity index is 168. The average Bonchev–Trinajstić information content (AvgIpc) is 2.29. The first-order chi connectivity index (χ1) is 5.63. The molecule has 1 fully saturated rings. The number of rotatable bonds is 3. The summed E-state index contributed by atoms with van der Waals surface area (Å²) in [6.07, 6.45) is 1.71. The van der Waals surface area contributed by atoms with Crippen molar-refractivity contribution >= 4 is 5.91 Å². The monoisotopic (exact) mass is 171 g/mol. The molecule has 1 amide bonds. The molecule has 0 bridgehead atoms. The molecule has 3 nitrogen and oxygen atoms in total. The predicted octanol–water partition coefficient (Wildman–Crippen LogP) is 0.831. The molecule has 1 N–H and O–H groups in total. The van der Waals surface area contributed by atoms with Crippen molar-refractivity contribution < 1.29 is 9.90 Å². The lowest BCUT2D eigenvalue weighted by atomic mass is 9.96. The molecule has 1 unspecified atom stereocenters. The fraction of sp³-hybridized carbons (Fsp3) is 0.889. The number of carbonyl (C=O) groups is 1. The lowest BCUT2D eigenvalue weighted by Gasteiger charge is -2.13. The van der Waals surface area contributed by atoms with Gasteiger partial charge in [-0.05, 0) is 18.3 Å². The summed E-state index contributed by atoms with van der Waals surface area (Å²) in [5.74, 6) is 1.20. The van der Waals surface area contributed by atoms with Crippen molar-refractivity contribution in [1.29, 1.82) is 0 Å². The minimum atomic E-state index is -0.118. The van der Waals surface area contributed by atoms with E-state index >= 15 is 0 Å². The molecule has 3 heteroatoms. The zero-order chi connectivity index (χ0) is 9.14. The van der Waals surface area contributed by atoms with Gasteiger partial charge < -0.3 is 10.0 Å². The molecule has 1 aliphatic rings. The number of aliphatic hydroxyl groups is 1. The van der Waals surface area contributed by atoms with E-state index in [2.05, 4.69) is 13.8 Å². The van der Waals surface area contributed by atoms with E-state index in [-0.39, 0.29) is 12.6 Å². The van der Waals surface area contributed by atoms with Gasteiger partial charge in [0.2, 0.25) is 5.91 Å². The van der Waals surface area contributed by atoms with E-state index in [1.54, 1.807) is 0 Å². The number of carbonyl (C=O) groups excluding carboxylic acids is 1. The maximum atomic E-state index is 11.2. The minimum absolute atomic E-state index is 0.100. The number of hydrogen-bond acceptors (Lipinski definition) is 2. The molecule has 1 rings (SSSR count). The van der Waals surface area contributed by atoms with Crippen LogP contribution in [0.4, 0.5) is 0 Å². The summed E-state index contributed by atoms with van der Waals surface area (Å²) in [7, 11) is 0. The van der Waals surface area contributed by atoms with Gasteiger partial charge in [-0.15, -0.1) is 0 Å². The minimum Gasteiger partial charge on any atom is -0.376 e. The fourth-order valence-corrected chi connectivity index (χ4v) is 1.82. The summed E-state index contributed by atoms with van der Waals surface area (Å²) in [5.41, 5.74) is 0. The van der Waals surface area contributed by atoms with Crippen LogP contribution >= 0.6 is 0 Å². The molecule has 1 aliphatic heterocycles. The van der Waals surface area contributed by atoms with Gasteiger partial charge in [-0.1, -0.05) is 13.8 Å². The van der Waals surface area contributed by atoms with E-state index in [9.17, 15) is 4.79 Å². The van der Waals surface area contributed by atoms with Crippen LogP contribution in [0.25, 0.3) is 0 Å². The van der Waals surface area contributed by atoms with E-state index in [0.717, 1.165) is 13.0 Å². The molecule has 70 valence electrons. The smallest absolute Gasteiger partial charge is 0.224 e. The van der Waals surface area contributed by atoms with Crippen molar-refractivity contribution in [2.24, 2.45) is 11.8 Å². The summed E-state index contributed by atoms with van der Waals surface area (Å²) in [5, 5.41) is 8.79. The molecule has 0 aromatic carbocycles. The normalized spacial score (nSPS) is 24.2. The molecule has 1 saturated heterocycles. The second-order valence-corrected chi connectivity index (χ2v) is 3.96. The maximum Gasteiger partial charge on any atom is 0.224 e. The van der Waals surface area contributed by atoms with Crippen LogP contribution in [0.15, 0.2) is 0 Å². The number of nitrogens with zero attached hydrogens (tertiary/aromatic N) is 1. The first kappa shape index (κ1) is 9.52. The van der Waals surface area contributed by atoms with Gasteiger partial charge in [0.25, 0.3) is 0 Å². The Kier molecular flexibility index (Phi) is 3.09. The standard InChI is InChI=1S/C9H17NO2/c1-7(2)3-8-4-9(12)10(5-8)6-11/h7-8,11H,3-6H2,1-2H3. The number of amides is 1. The lowest BCUT2D eigenvalue weighted by molar-refractivity contribution is -0.130. The second kappa shape index (κ2) is 3.90. The largest absolute Gasteiger partial charge is 0.376 e. The van der Waals surface area contributed by atoms with Gasteiger partial charge in [0, 0.05) is 13.0 Å². The van der Waals surface area contributed by atoms with E-state index in [0.29, 0.717) is 18.3 Å². The lowest BCUT2D eigenvalue weighted by Crippen LogP contribution is -2.26. The van der Waals surface area contributed by atoms with Crippen LogP contribution in [0.5, 0.6) is 0 Å². The van der Waals surface area contributed by atoms with Crippen LogP contribution in [0.2, 0.25) is 0 Å². The molecule has 12 heavy (non-hydrogen) atoms. The van der Waals surface area contributed by atoms with Crippen molar-refractivity contribution in [2.45, 2.75) is 26.7 Å². The van der Waals surface area contributed by atoms with Gasteiger partial charge >= 0.3 is 0 Å². The van der Waals surface area contributed by atoms with Crippen LogP contribution in [0, 0.1) is 11.8 Å². The Balaban J connectivity index is 2.38. The van der Waals surface area contributed by atoms with E-state index in [1.807, 2.05) is 0 Å². The summed E-state index contributed by atoms with van der Waals surface area (Å²) in [6, 6.07) is 0. The quantitative estimate of drug-likeness (QED) is 0.683. The highest BCUT2D eigenvalue weighted by molar-refractivity contribution is 5.78. The van der Waals surface area contributed by atoms with Crippen LogP contribution in [-0.2, 0) is 4.79 Å². The predicted molar refractivity (Wildman–Crippen MR) is 46.4 cm³/mol. The van der Waals surface area contributed by atoms with E-state index in [1.165, 1.54) is 4.90 Å². The van der Waals surface area contributed by atoms with Gasteiger partial charge in [0.05, 0.1) is 0 Å². The summed E-state index contributed by atoms with van der Waals surface area (Å²) >= 11 is 0. The number of aliphatic hydroxyl groups excluding tert-OH is 1. The Morgan fingerprint density at radius 2 is 2.33 bits per heavy atom. The van der Waals surface area contributed by atoms with Crippen molar-refractivity contribution in [3.05, 3.63) is 0 Å². The second-order valence-electron chi connectivity index (χ2n) is 3.96. The van der Waals surface area contributed by atoms with Gasteiger partial charge in [-0.2, -0.15) is 0 Å². The highest BCUT2D eigenvalue weighted by Crippen LogP contribution is 2.23. The average molecular weight is 171 g/mol. The van der Waals surface area contributed by atoms with Crippen molar-refractivity contribution in [3.8, 4) is 0 Å². The fourth-order valence-electron chi connectivity index (χ4n) is 1.82. The highest BCUT2D eigenvalue weighted by Gasteiger charge is 2.28. The molecular formula is C9H17NO2. The van der Waals surface area contributed by atoms with Gasteiger partial charge in [-0.25, -0.2) is 0 Å². The Hall–Kier alpha value is -0.570. The third kappa shape index (κ3) is 2.21. The third-order valence-electron chi connectivity index (χ3n) is 2.27. The van der Waals surface area contributed by atoms with Crippen LogP contribution in [0.1, 0.15) is 26.7 Å². The SMILES string of the molecule is CC(C)CC1CC(=O)N(CO)C1. The third-order valence-corrected chi connectivity index (χ3v) is 2.27. The van der Waals surface area contributed by atoms with E-state index < -0.39 is 0 Å². The van der Waals surface area contributed by atoms with E-state index in [4.69, 9.17) is 5.11 Å². The zero-order valence-corrected chi connectivity index (χ0v) is 7.79. The van der Waals surface area contributed by atoms with Crippen molar-refractivity contribution in [3.63, 3.8) is 0 Å². The van der Waals surface area contributed by atoms with Crippen LogP contribution in [-0.4, -0.2) is 29.2 Å². The van der Waals surface area contributed by atoms with Gasteiger partial charge in [0.1, 0.15) is 6.73 Å². The zero-order valence-electron chi connectivity index (χ0n) is 7.79. The van der Waals surface area contributed by atoms with Gasteiger partial charge in [0.15, 0.2) is 0 Å². The molecular weight excluding hydrogens is 154 g/mol. The highest BCUT2D eigenvalue weighted by atomic mass is 16.3. The molecule has 0 spiro atoms. The summed E-state index contributed by atoms with van der Waals surface area (Å²) < 4.78 is 0. The molecule has 1 atom stereocenters. The van der Waals surface area contributed by atoms with Crippen molar-refractivity contribution in [1.82, 2.24) is 4.90 Å². The molecule has 0 aromatic heterocycles. The molecule has 0 saturated carbocycles. The Morgan fingerprint density at radius 1 is 1.67 bits per heavy atom.